The van der Waals surface area contributed by atoms with Gasteiger partial charge in [0.25, 0.3) is 0 Å². The van der Waals surface area contributed by atoms with Crippen LogP contribution in [0, 0.1) is 0 Å². The molecular weight excluding hydrogens is 807 g/mol. The van der Waals surface area contributed by atoms with E-state index in [0.29, 0.717) is 63.5 Å². The van der Waals surface area contributed by atoms with Crippen molar-refractivity contribution in [1.82, 2.24) is 35.4 Å². The number of unbranched alkanes of at least 4 members (excludes halogenated alkanes) is 2. The molecule has 4 atom stereocenters. The molecule has 350 valence electrons. The quantitative estimate of drug-likeness (QED) is 0.0563. The SMILES string of the molecule is CC.CC(C)c1ccc(CC(O)C=C[C@H]2CCCC(=O)N2CC=CCCCC(=O)O)nc1.CC(C)c1ccc(CC(O)C=C[C@H]2CCCC(=O)N2CC=CCCCc2nn[nH]n2)cc1. The van der Waals surface area contributed by atoms with Gasteiger partial charge in [-0.15, -0.1) is 10.2 Å². The average molecular weight is 882 g/mol. The zero-order valence-corrected chi connectivity index (χ0v) is 39.2. The van der Waals surface area contributed by atoms with Crippen LogP contribution in [0.3, 0.4) is 0 Å². The summed E-state index contributed by atoms with van der Waals surface area (Å²) < 4.78 is 0. The minimum absolute atomic E-state index is 0.0270. The molecule has 2 saturated heterocycles. The molecular formula is C51H75N7O6. The van der Waals surface area contributed by atoms with Gasteiger partial charge in [-0.1, -0.05) is 126 Å². The third-order valence-electron chi connectivity index (χ3n) is 11.2. The van der Waals surface area contributed by atoms with E-state index >= 15 is 0 Å². The van der Waals surface area contributed by atoms with Gasteiger partial charge < -0.3 is 25.1 Å². The smallest absolute Gasteiger partial charge is 0.303 e. The second-order valence-corrected chi connectivity index (χ2v) is 16.9. The topological polar surface area (TPSA) is 186 Å². The fraction of sp³-hybridized carbons (Fsp3) is 0.549. The molecule has 4 N–H and O–H groups in total. The van der Waals surface area contributed by atoms with Gasteiger partial charge in [0, 0.05) is 63.5 Å². The Labute approximate surface area is 381 Å². The maximum Gasteiger partial charge on any atom is 0.303 e. The second-order valence-electron chi connectivity index (χ2n) is 16.9. The third-order valence-corrected chi connectivity index (χ3v) is 11.2. The van der Waals surface area contributed by atoms with Crippen molar-refractivity contribution in [3.63, 3.8) is 0 Å². The molecule has 0 spiro atoms. The number of aromatic nitrogens is 5. The monoisotopic (exact) mass is 882 g/mol. The summed E-state index contributed by atoms with van der Waals surface area (Å²) in [6.45, 7) is 13.7. The number of likely N-dealkylation sites (tertiary alicyclic amines) is 2. The van der Waals surface area contributed by atoms with E-state index in [1.165, 1.54) is 11.1 Å². The van der Waals surface area contributed by atoms with Crippen molar-refractivity contribution in [3.8, 4) is 0 Å². The van der Waals surface area contributed by atoms with Crippen LogP contribution in [0.25, 0.3) is 0 Å². The summed E-state index contributed by atoms with van der Waals surface area (Å²) in [4.78, 5) is 43.5. The highest BCUT2D eigenvalue weighted by Gasteiger charge is 2.26. The van der Waals surface area contributed by atoms with Crippen LogP contribution in [0.5, 0.6) is 0 Å². The Bertz CT molecular complexity index is 1890. The van der Waals surface area contributed by atoms with Crippen molar-refractivity contribution in [2.45, 2.75) is 168 Å². The number of carboxylic acids is 1. The lowest BCUT2D eigenvalue weighted by molar-refractivity contribution is -0.137. The number of tetrazole rings is 1. The molecule has 13 heteroatoms. The Kier molecular flexibility index (Phi) is 24.9. The number of aromatic amines is 1. The standard InChI is InChI=1S/C25H35N5O2.C24H34N2O4.C2H6/c1-19(2)21-13-11-20(12-14-21)18-23(31)16-15-22-8-7-10-25(32)30(22)17-6-4-3-5-9-24-26-28-29-27-24;1-18(2)19-11-12-20(25-17-19)16-22(27)14-13-21-8-7-9-23(28)26(21)15-6-4-3-5-10-24(29)30;1-2/h4,6,11-16,19,22-23,31H,3,5,7-10,17-18H2,1-2H3,(H,26,27,28,29);4,6,11-14,17-18,21-22,27H,3,5,7-10,15-16H2,1-2H3,(H,29,30);1-2H3/t22-,23?;21-,22?;/m11./s1. The number of pyridine rings is 1. The van der Waals surface area contributed by atoms with E-state index in [1.807, 2.05) is 72.4 Å². The summed E-state index contributed by atoms with van der Waals surface area (Å²) in [7, 11) is 0. The third kappa shape index (κ3) is 20.1. The fourth-order valence-corrected chi connectivity index (χ4v) is 7.46. The lowest BCUT2D eigenvalue weighted by Crippen LogP contribution is -2.42. The first-order valence-electron chi connectivity index (χ1n) is 23.5. The van der Waals surface area contributed by atoms with Crippen molar-refractivity contribution in [3.05, 3.63) is 119 Å². The van der Waals surface area contributed by atoms with Crippen molar-refractivity contribution >= 4 is 17.8 Å². The van der Waals surface area contributed by atoms with Crippen LogP contribution in [0.2, 0.25) is 0 Å². The number of nitrogens with one attached hydrogen (secondary N) is 1. The number of aryl methyl sites for hydroxylation is 1. The summed E-state index contributed by atoms with van der Waals surface area (Å²) in [5.74, 6) is 1.17. The van der Waals surface area contributed by atoms with E-state index in [2.05, 4.69) is 89.7 Å². The number of aliphatic hydroxyl groups excluding tert-OH is 2. The highest BCUT2D eigenvalue weighted by molar-refractivity contribution is 5.78. The van der Waals surface area contributed by atoms with Gasteiger partial charge in [-0.05, 0) is 86.0 Å². The number of hydrogen-bond donors (Lipinski definition) is 4. The van der Waals surface area contributed by atoms with Crippen molar-refractivity contribution in [1.29, 1.82) is 0 Å². The van der Waals surface area contributed by atoms with Crippen molar-refractivity contribution in [2.24, 2.45) is 0 Å². The lowest BCUT2D eigenvalue weighted by Gasteiger charge is -2.33. The molecule has 2 aromatic heterocycles. The van der Waals surface area contributed by atoms with Crippen molar-refractivity contribution in [2.75, 3.05) is 13.1 Å². The molecule has 3 aromatic rings. The van der Waals surface area contributed by atoms with E-state index in [1.54, 1.807) is 6.08 Å². The molecule has 0 saturated carbocycles. The molecule has 0 bridgehead atoms. The highest BCUT2D eigenvalue weighted by atomic mass is 16.4. The van der Waals surface area contributed by atoms with E-state index in [-0.39, 0.29) is 30.3 Å². The molecule has 2 unspecified atom stereocenters. The Morgan fingerprint density at radius 3 is 1.81 bits per heavy atom. The Balaban J connectivity index is 0.000000328. The van der Waals surface area contributed by atoms with Gasteiger partial charge in [0.2, 0.25) is 11.8 Å². The molecule has 64 heavy (non-hydrogen) atoms. The Morgan fingerprint density at radius 2 is 1.31 bits per heavy atom. The summed E-state index contributed by atoms with van der Waals surface area (Å²) in [6.07, 6.45) is 26.1. The lowest BCUT2D eigenvalue weighted by atomic mass is 9.98. The number of nitrogens with zero attached hydrogens (tertiary/aromatic N) is 6. The number of piperidine rings is 2. The maximum absolute atomic E-state index is 12.5. The predicted molar refractivity (Wildman–Crippen MR) is 253 cm³/mol. The molecule has 0 aliphatic carbocycles. The number of hydrogen-bond acceptors (Lipinski definition) is 9. The number of H-pyrrole nitrogens is 1. The van der Waals surface area contributed by atoms with E-state index in [9.17, 15) is 24.6 Å². The zero-order valence-electron chi connectivity index (χ0n) is 39.2. The summed E-state index contributed by atoms with van der Waals surface area (Å²) in [6, 6.07) is 12.5. The van der Waals surface area contributed by atoms with Gasteiger partial charge in [0.1, 0.15) is 0 Å². The largest absolute Gasteiger partial charge is 0.481 e. The average Bonchev–Trinajstić information content (AvgIpc) is 3.81. The zero-order chi connectivity index (χ0) is 46.7. The molecule has 2 aliphatic rings. The van der Waals surface area contributed by atoms with Crippen LogP contribution in [0.4, 0.5) is 0 Å². The van der Waals surface area contributed by atoms with Gasteiger partial charge in [0.05, 0.1) is 24.3 Å². The number of allylic oxidation sites excluding steroid dienone is 2. The van der Waals surface area contributed by atoms with Gasteiger partial charge >= 0.3 is 5.97 Å². The molecule has 2 aliphatic heterocycles. The summed E-state index contributed by atoms with van der Waals surface area (Å²) >= 11 is 0. The van der Waals surface area contributed by atoms with E-state index in [0.717, 1.165) is 62.0 Å². The highest BCUT2D eigenvalue weighted by Crippen LogP contribution is 2.22. The molecule has 1 aromatic carbocycles. The predicted octanol–water partition coefficient (Wildman–Crippen LogP) is 8.63. The number of aliphatic carboxylic acids is 1. The van der Waals surface area contributed by atoms with E-state index in [4.69, 9.17) is 5.11 Å². The number of rotatable bonds is 22. The Morgan fingerprint density at radius 1 is 0.766 bits per heavy atom. The number of benzene rings is 1. The maximum atomic E-state index is 12.5. The second kappa shape index (κ2) is 30.0. The van der Waals surface area contributed by atoms with Crippen LogP contribution in [0.1, 0.15) is 152 Å². The van der Waals surface area contributed by atoms with Crippen LogP contribution >= 0.6 is 0 Å². The van der Waals surface area contributed by atoms with Crippen LogP contribution < -0.4 is 0 Å². The molecule has 13 nitrogen and oxygen atoms in total. The molecule has 5 rings (SSSR count). The minimum atomic E-state index is -0.788. The number of aliphatic hydroxyl groups is 2. The first-order chi connectivity index (χ1) is 30.9. The number of carbonyl (C=O) groups excluding carboxylic acids is 2. The normalized spacial score (nSPS) is 18.0. The molecule has 4 heterocycles. The molecule has 2 fully saturated rings. The number of amides is 2. The van der Waals surface area contributed by atoms with E-state index < -0.39 is 18.2 Å². The molecule has 0 radical (unpaired) electrons. The van der Waals surface area contributed by atoms with Gasteiger partial charge in [0.15, 0.2) is 5.82 Å². The number of carboxylic acid groups (broad SMARTS) is 1. The Hall–Kier alpha value is -5.27. The van der Waals surface area contributed by atoms with Crippen LogP contribution in [0.15, 0.2) is 91.2 Å². The summed E-state index contributed by atoms with van der Waals surface area (Å²) in [5, 5.41) is 43.5. The minimum Gasteiger partial charge on any atom is -0.481 e. The summed E-state index contributed by atoms with van der Waals surface area (Å²) in [5.41, 5.74) is 4.44. The first kappa shape index (κ1) is 53.1. The fourth-order valence-electron chi connectivity index (χ4n) is 7.46. The van der Waals surface area contributed by atoms with Crippen LogP contribution in [-0.4, -0.2) is 106 Å². The number of carbonyl (C=O) groups is 3. The first-order valence-corrected chi connectivity index (χ1v) is 23.5. The molecule has 2 amide bonds. The van der Waals surface area contributed by atoms with Gasteiger partial charge in [-0.3, -0.25) is 19.4 Å². The van der Waals surface area contributed by atoms with Crippen molar-refractivity contribution < 1.29 is 29.7 Å². The van der Waals surface area contributed by atoms with Crippen LogP contribution in [-0.2, 0) is 33.6 Å². The van der Waals surface area contributed by atoms with Gasteiger partial charge in [-0.2, -0.15) is 5.21 Å². The van der Waals surface area contributed by atoms with Gasteiger partial charge in [-0.25, -0.2) is 0 Å².